The summed E-state index contributed by atoms with van der Waals surface area (Å²) in [5.41, 5.74) is 14.2. The smallest absolute Gasteiger partial charge is 0.0540 e. The maximum Gasteiger partial charge on any atom is 0.0540 e. The second kappa shape index (κ2) is 15.6. The lowest BCUT2D eigenvalue weighted by atomic mass is 9.96. The first-order valence-corrected chi connectivity index (χ1v) is 20.1. The summed E-state index contributed by atoms with van der Waals surface area (Å²) in [7, 11) is 0. The summed E-state index contributed by atoms with van der Waals surface area (Å²) in [5, 5.41) is 5.03. The minimum atomic E-state index is 0.949. The summed E-state index contributed by atoms with van der Waals surface area (Å²) >= 11 is 0. The molecule has 1 aliphatic carbocycles. The van der Waals surface area contributed by atoms with Crippen molar-refractivity contribution in [2.24, 2.45) is 0 Å². The average Bonchev–Trinajstić information content (AvgIpc) is 3.31. The van der Waals surface area contributed by atoms with Crippen LogP contribution in [0.15, 0.2) is 224 Å². The van der Waals surface area contributed by atoms with Crippen LogP contribution in [0, 0.1) is 0 Å². The third-order valence-corrected chi connectivity index (χ3v) is 11.3. The number of hydrogen-bond donors (Lipinski definition) is 0. The van der Waals surface area contributed by atoms with Crippen molar-refractivity contribution >= 4 is 51.0 Å². The van der Waals surface area contributed by atoms with E-state index < -0.39 is 0 Å². The molecule has 276 valence electrons. The summed E-state index contributed by atoms with van der Waals surface area (Å²) in [6.07, 6.45) is 4.32. The van der Waals surface area contributed by atoms with Crippen LogP contribution < -0.4 is 20.2 Å². The number of benzene rings is 9. The van der Waals surface area contributed by atoms with Crippen molar-refractivity contribution in [3.8, 4) is 33.4 Å². The zero-order valence-corrected chi connectivity index (χ0v) is 32.2. The molecule has 1 aliphatic rings. The van der Waals surface area contributed by atoms with Gasteiger partial charge in [-0.05, 0) is 117 Å². The SMILES string of the molecule is C1=c2ccccc2=C(N(c2ccc(-c3ccc(N(c4ccccc4)c4cccc5ccccc45)cc3)cc2)c2cc(-c3ccccc3)cc(-c3ccccc3)c2)CC1. The molecule has 58 heavy (non-hydrogen) atoms. The Morgan fingerprint density at radius 2 is 0.828 bits per heavy atom. The minimum absolute atomic E-state index is 0.949. The van der Waals surface area contributed by atoms with Gasteiger partial charge in [0, 0.05) is 39.1 Å². The summed E-state index contributed by atoms with van der Waals surface area (Å²) in [6.45, 7) is 0. The van der Waals surface area contributed by atoms with E-state index in [2.05, 4.69) is 240 Å². The van der Waals surface area contributed by atoms with Crippen LogP contribution in [0.4, 0.5) is 28.4 Å². The van der Waals surface area contributed by atoms with Gasteiger partial charge in [0.1, 0.15) is 0 Å². The number of para-hydroxylation sites is 1. The first kappa shape index (κ1) is 35.0. The zero-order chi connectivity index (χ0) is 38.7. The molecule has 10 rings (SSSR count). The van der Waals surface area contributed by atoms with E-state index >= 15 is 0 Å². The third-order valence-electron chi connectivity index (χ3n) is 11.3. The Kier molecular flexibility index (Phi) is 9.43. The number of hydrogen-bond acceptors (Lipinski definition) is 2. The van der Waals surface area contributed by atoms with Gasteiger partial charge in [-0.15, -0.1) is 0 Å². The lowest BCUT2D eigenvalue weighted by Crippen LogP contribution is -2.34. The predicted octanol–water partition coefficient (Wildman–Crippen LogP) is 13.8. The highest BCUT2D eigenvalue weighted by atomic mass is 15.2. The van der Waals surface area contributed by atoms with Gasteiger partial charge in [-0.2, -0.15) is 0 Å². The van der Waals surface area contributed by atoms with E-state index in [4.69, 9.17) is 0 Å². The van der Waals surface area contributed by atoms with Crippen molar-refractivity contribution in [1.82, 2.24) is 0 Å². The van der Waals surface area contributed by atoms with Crippen LogP contribution in [0.3, 0.4) is 0 Å². The molecule has 0 aliphatic heterocycles. The number of nitrogens with zero attached hydrogens (tertiary/aromatic N) is 2. The van der Waals surface area contributed by atoms with E-state index in [9.17, 15) is 0 Å². The molecule has 0 N–H and O–H groups in total. The van der Waals surface area contributed by atoms with Crippen LogP contribution >= 0.6 is 0 Å². The largest absolute Gasteiger partial charge is 0.314 e. The molecule has 0 heterocycles. The Bertz CT molecular complexity index is 2910. The highest BCUT2D eigenvalue weighted by molar-refractivity contribution is 5.99. The summed E-state index contributed by atoms with van der Waals surface area (Å²) in [5.74, 6) is 0. The van der Waals surface area contributed by atoms with Crippen LogP contribution in [0.25, 0.3) is 55.9 Å². The average molecular weight is 743 g/mol. The fraction of sp³-hybridized carbons (Fsp3) is 0.0357. The number of fused-ring (bicyclic) bond motifs is 2. The van der Waals surface area contributed by atoms with Crippen LogP contribution in [0.2, 0.25) is 0 Å². The van der Waals surface area contributed by atoms with Crippen molar-refractivity contribution in [1.29, 1.82) is 0 Å². The molecule has 9 aromatic rings. The molecular formula is C56H42N2. The predicted molar refractivity (Wildman–Crippen MR) is 246 cm³/mol. The van der Waals surface area contributed by atoms with Gasteiger partial charge in [0.15, 0.2) is 0 Å². The number of anilines is 5. The minimum Gasteiger partial charge on any atom is -0.314 e. The van der Waals surface area contributed by atoms with Gasteiger partial charge in [-0.25, -0.2) is 0 Å². The van der Waals surface area contributed by atoms with Gasteiger partial charge in [-0.3, -0.25) is 0 Å². The van der Waals surface area contributed by atoms with Crippen molar-refractivity contribution in [3.63, 3.8) is 0 Å². The van der Waals surface area contributed by atoms with Crippen LogP contribution in [0.5, 0.6) is 0 Å². The third kappa shape index (κ3) is 6.86. The number of rotatable bonds is 9. The maximum absolute atomic E-state index is 2.50. The van der Waals surface area contributed by atoms with Gasteiger partial charge in [-0.1, -0.05) is 170 Å². The van der Waals surface area contributed by atoms with Crippen LogP contribution in [0.1, 0.15) is 12.8 Å². The standard InChI is InChI=1S/C56H42N2/c1-4-16-41(17-5-1)47-38-48(42-18-6-2-7-19-42)40-52(39-47)58(56-29-15-23-46-21-11-13-27-54(46)56)51-36-32-44(33-37-51)43-30-34-50(35-31-43)57(49-24-8-3-9-25-49)55-28-14-22-45-20-10-12-26-53(45)55/h1-14,16-28,30-40H,15,29H2. The Labute approximate surface area is 340 Å². The van der Waals surface area contributed by atoms with E-state index in [1.54, 1.807) is 0 Å². The van der Waals surface area contributed by atoms with Gasteiger partial charge in [0.05, 0.1) is 5.69 Å². The van der Waals surface area contributed by atoms with Crippen molar-refractivity contribution < 1.29 is 0 Å². The van der Waals surface area contributed by atoms with Crippen molar-refractivity contribution in [2.45, 2.75) is 12.8 Å². The molecule has 2 nitrogen and oxygen atoms in total. The first-order valence-electron chi connectivity index (χ1n) is 20.1. The van der Waals surface area contributed by atoms with Crippen molar-refractivity contribution in [3.05, 3.63) is 235 Å². The van der Waals surface area contributed by atoms with Gasteiger partial charge in [0.2, 0.25) is 0 Å². The quantitative estimate of drug-likeness (QED) is 0.145. The van der Waals surface area contributed by atoms with E-state index in [-0.39, 0.29) is 0 Å². The summed E-state index contributed by atoms with van der Waals surface area (Å²) < 4.78 is 0. The summed E-state index contributed by atoms with van der Waals surface area (Å²) in [4.78, 5) is 4.86. The molecule has 2 heteroatoms. The molecule has 0 spiro atoms. The van der Waals surface area contributed by atoms with Crippen LogP contribution in [-0.2, 0) is 0 Å². The molecule has 0 amide bonds. The molecule has 0 bridgehead atoms. The Hall–Kier alpha value is -7.42. The van der Waals surface area contributed by atoms with E-state index in [0.717, 1.165) is 41.3 Å². The van der Waals surface area contributed by atoms with Gasteiger partial charge in [0.25, 0.3) is 0 Å². The molecule has 0 saturated heterocycles. The van der Waals surface area contributed by atoms with E-state index in [0.29, 0.717) is 0 Å². The van der Waals surface area contributed by atoms with Crippen LogP contribution in [-0.4, -0.2) is 0 Å². The fourth-order valence-electron chi connectivity index (χ4n) is 8.48. The first-order chi connectivity index (χ1) is 28.8. The Morgan fingerprint density at radius 3 is 1.48 bits per heavy atom. The molecule has 0 aromatic heterocycles. The maximum atomic E-state index is 2.50. The normalized spacial score (nSPS) is 12.1. The molecule has 0 saturated carbocycles. The van der Waals surface area contributed by atoms with Gasteiger partial charge < -0.3 is 9.80 Å². The topological polar surface area (TPSA) is 6.48 Å². The molecular weight excluding hydrogens is 701 g/mol. The molecule has 0 atom stereocenters. The van der Waals surface area contributed by atoms with E-state index in [1.807, 2.05) is 0 Å². The monoisotopic (exact) mass is 742 g/mol. The van der Waals surface area contributed by atoms with E-state index in [1.165, 1.54) is 60.3 Å². The molecule has 0 unspecified atom stereocenters. The fourth-order valence-corrected chi connectivity index (χ4v) is 8.48. The molecule has 0 radical (unpaired) electrons. The lowest BCUT2D eigenvalue weighted by Gasteiger charge is -2.30. The molecule has 9 aromatic carbocycles. The highest BCUT2D eigenvalue weighted by Crippen LogP contribution is 2.41. The Balaban J connectivity index is 1.07. The second-order valence-electron chi connectivity index (χ2n) is 14.9. The summed E-state index contributed by atoms with van der Waals surface area (Å²) in [6, 6.07) is 81.3. The van der Waals surface area contributed by atoms with Crippen molar-refractivity contribution in [2.75, 3.05) is 9.80 Å². The molecule has 0 fully saturated rings. The van der Waals surface area contributed by atoms with Gasteiger partial charge >= 0.3 is 0 Å². The second-order valence-corrected chi connectivity index (χ2v) is 14.9. The highest BCUT2D eigenvalue weighted by Gasteiger charge is 2.20. The lowest BCUT2D eigenvalue weighted by molar-refractivity contribution is 1.03. The Morgan fingerprint density at radius 1 is 0.328 bits per heavy atom. The zero-order valence-electron chi connectivity index (χ0n) is 32.2.